The van der Waals surface area contributed by atoms with Gasteiger partial charge in [-0.1, -0.05) is 0 Å². The summed E-state index contributed by atoms with van der Waals surface area (Å²) in [6.45, 7) is 4.87. The first-order valence-corrected chi connectivity index (χ1v) is 6.58. The van der Waals surface area contributed by atoms with Crippen LogP contribution >= 0.6 is 0 Å². The first-order chi connectivity index (χ1) is 9.65. The third kappa shape index (κ3) is 2.99. The Hall–Kier alpha value is -2.30. The van der Waals surface area contributed by atoms with Crippen molar-refractivity contribution in [3.8, 4) is 11.5 Å². The van der Waals surface area contributed by atoms with E-state index in [1.807, 2.05) is 13.8 Å². The quantitative estimate of drug-likeness (QED) is 0.759. The van der Waals surface area contributed by atoms with Crippen molar-refractivity contribution < 1.29 is 14.3 Å². The van der Waals surface area contributed by atoms with Gasteiger partial charge in [0.1, 0.15) is 0 Å². The number of carbonyl (C=O) groups excluding carboxylic acids is 1. The predicted molar refractivity (Wildman–Crippen MR) is 75.4 cm³/mol. The number of aromatic nitrogens is 2. The Morgan fingerprint density at radius 3 is 2.45 bits per heavy atom. The normalized spacial score (nSPS) is 10.3. The van der Waals surface area contributed by atoms with Crippen molar-refractivity contribution in [1.82, 2.24) is 9.78 Å². The molecular formula is C15H18N2O3. The number of ketones is 1. The van der Waals surface area contributed by atoms with Gasteiger partial charge in [0.2, 0.25) is 0 Å². The first kappa shape index (κ1) is 14.1. The lowest BCUT2D eigenvalue weighted by Gasteiger charge is -2.11. The van der Waals surface area contributed by atoms with Crippen LogP contribution < -0.4 is 9.47 Å². The standard InChI is InChI=1S/C15H18N2O3/c1-4-19-13-7-6-11(8-14(13)20-5-2)15(18)12-9-16-17(3)10-12/h6-10H,4-5H2,1-3H3. The summed E-state index contributed by atoms with van der Waals surface area (Å²) >= 11 is 0. The summed E-state index contributed by atoms with van der Waals surface area (Å²) in [6.07, 6.45) is 3.25. The minimum Gasteiger partial charge on any atom is -0.490 e. The third-order valence-corrected chi connectivity index (χ3v) is 2.77. The molecule has 0 saturated heterocycles. The van der Waals surface area contributed by atoms with E-state index >= 15 is 0 Å². The molecule has 0 N–H and O–H groups in total. The van der Waals surface area contributed by atoms with E-state index in [1.54, 1.807) is 42.3 Å². The van der Waals surface area contributed by atoms with Crippen LogP contribution in [0.2, 0.25) is 0 Å². The highest BCUT2D eigenvalue weighted by Gasteiger charge is 2.14. The van der Waals surface area contributed by atoms with E-state index in [4.69, 9.17) is 9.47 Å². The second-order valence-corrected chi connectivity index (χ2v) is 4.26. The van der Waals surface area contributed by atoms with Gasteiger partial charge in [-0.15, -0.1) is 0 Å². The molecule has 1 aromatic heterocycles. The Kier molecular flexibility index (Phi) is 4.40. The van der Waals surface area contributed by atoms with Crippen LogP contribution in [0, 0.1) is 0 Å². The summed E-state index contributed by atoms with van der Waals surface area (Å²) in [6, 6.07) is 5.21. The number of carbonyl (C=O) groups is 1. The molecule has 0 radical (unpaired) electrons. The first-order valence-electron chi connectivity index (χ1n) is 6.58. The van der Waals surface area contributed by atoms with Crippen LogP contribution in [0.3, 0.4) is 0 Å². The van der Waals surface area contributed by atoms with Crippen LogP contribution in [-0.4, -0.2) is 28.8 Å². The Morgan fingerprint density at radius 2 is 1.85 bits per heavy atom. The summed E-state index contributed by atoms with van der Waals surface area (Å²) in [7, 11) is 1.78. The molecule has 106 valence electrons. The summed E-state index contributed by atoms with van der Waals surface area (Å²) in [4.78, 5) is 12.3. The lowest BCUT2D eigenvalue weighted by molar-refractivity contribution is 0.103. The molecule has 5 nitrogen and oxygen atoms in total. The van der Waals surface area contributed by atoms with E-state index in [2.05, 4.69) is 5.10 Å². The van der Waals surface area contributed by atoms with Gasteiger partial charge in [-0.3, -0.25) is 9.48 Å². The zero-order valence-corrected chi connectivity index (χ0v) is 11.9. The highest BCUT2D eigenvalue weighted by Crippen LogP contribution is 2.29. The van der Waals surface area contributed by atoms with Gasteiger partial charge in [-0.2, -0.15) is 5.10 Å². The van der Waals surface area contributed by atoms with Crippen LogP contribution in [0.5, 0.6) is 11.5 Å². The van der Waals surface area contributed by atoms with E-state index in [1.165, 1.54) is 0 Å². The number of aryl methyl sites for hydroxylation is 1. The Morgan fingerprint density at radius 1 is 1.15 bits per heavy atom. The molecule has 0 atom stereocenters. The van der Waals surface area contributed by atoms with Crippen molar-refractivity contribution in [2.45, 2.75) is 13.8 Å². The fourth-order valence-corrected chi connectivity index (χ4v) is 1.90. The highest BCUT2D eigenvalue weighted by molar-refractivity contribution is 6.09. The highest BCUT2D eigenvalue weighted by atomic mass is 16.5. The molecule has 2 rings (SSSR count). The Bertz CT molecular complexity index is 605. The van der Waals surface area contributed by atoms with Gasteiger partial charge in [-0.25, -0.2) is 0 Å². The molecule has 20 heavy (non-hydrogen) atoms. The summed E-state index contributed by atoms with van der Waals surface area (Å²) in [5.74, 6) is 1.16. The van der Waals surface area contributed by atoms with Crippen molar-refractivity contribution in [1.29, 1.82) is 0 Å². The summed E-state index contributed by atoms with van der Waals surface area (Å²) in [5, 5.41) is 4.01. The molecule has 2 aromatic rings. The van der Waals surface area contributed by atoms with Gasteiger partial charge in [0, 0.05) is 18.8 Å². The predicted octanol–water partition coefficient (Wildman–Crippen LogP) is 2.45. The molecule has 0 unspecified atom stereocenters. The van der Waals surface area contributed by atoms with Crippen molar-refractivity contribution in [2.24, 2.45) is 7.05 Å². The number of hydrogen-bond acceptors (Lipinski definition) is 4. The topological polar surface area (TPSA) is 53.3 Å². The fourth-order valence-electron chi connectivity index (χ4n) is 1.90. The molecule has 0 amide bonds. The van der Waals surface area contributed by atoms with E-state index in [0.29, 0.717) is 35.8 Å². The molecule has 1 aromatic carbocycles. The van der Waals surface area contributed by atoms with Gasteiger partial charge in [-0.05, 0) is 32.0 Å². The Labute approximate surface area is 118 Å². The molecule has 1 heterocycles. The molecule has 5 heteroatoms. The van der Waals surface area contributed by atoms with Gasteiger partial charge in [0.15, 0.2) is 17.3 Å². The largest absolute Gasteiger partial charge is 0.490 e. The minimum atomic E-state index is -0.0814. The van der Waals surface area contributed by atoms with E-state index < -0.39 is 0 Å². The lowest BCUT2D eigenvalue weighted by atomic mass is 10.1. The average Bonchev–Trinajstić information content (AvgIpc) is 2.87. The molecule has 0 spiro atoms. The van der Waals surface area contributed by atoms with Crippen LogP contribution in [0.4, 0.5) is 0 Å². The van der Waals surface area contributed by atoms with Gasteiger partial charge in [0.25, 0.3) is 0 Å². The fraction of sp³-hybridized carbons (Fsp3) is 0.333. The van der Waals surface area contributed by atoms with Crippen molar-refractivity contribution in [3.63, 3.8) is 0 Å². The number of hydrogen-bond donors (Lipinski definition) is 0. The molecule has 0 aliphatic rings. The monoisotopic (exact) mass is 274 g/mol. The number of nitrogens with zero attached hydrogens (tertiary/aromatic N) is 2. The maximum atomic E-state index is 12.3. The van der Waals surface area contributed by atoms with Crippen LogP contribution in [-0.2, 0) is 7.05 Å². The Balaban J connectivity index is 2.32. The van der Waals surface area contributed by atoms with Crippen LogP contribution in [0.15, 0.2) is 30.6 Å². The lowest BCUT2D eigenvalue weighted by Crippen LogP contribution is -2.03. The molecule has 0 bridgehead atoms. The molecule has 0 fully saturated rings. The zero-order chi connectivity index (χ0) is 14.5. The molecule has 0 aliphatic carbocycles. The van der Waals surface area contributed by atoms with E-state index in [0.717, 1.165) is 0 Å². The van der Waals surface area contributed by atoms with Gasteiger partial charge >= 0.3 is 0 Å². The second-order valence-electron chi connectivity index (χ2n) is 4.26. The van der Waals surface area contributed by atoms with E-state index in [9.17, 15) is 4.79 Å². The van der Waals surface area contributed by atoms with Gasteiger partial charge < -0.3 is 9.47 Å². The maximum absolute atomic E-state index is 12.3. The van der Waals surface area contributed by atoms with E-state index in [-0.39, 0.29) is 5.78 Å². The summed E-state index contributed by atoms with van der Waals surface area (Å²) in [5.41, 5.74) is 1.11. The molecule has 0 saturated carbocycles. The van der Waals surface area contributed by atoms with Crippen LogP contribution in [0.1, 0.15) is 29.8 Å². The van der Waals surface area contributed by atoms with Crippen molar-refractivity contribution in [3.05, 3.63) is 41.7 Å². The van der Waals surface area contributed by atoms with Crippen molar-refractivity contribution >= 4 is 5.78 Å². The SMILES string of the molecule is CCOc1ccc(C(=O)c2cnn(C)c2)cc1OCC. The summed E-state index contributed by atoms with van der Waals surface area (Å²) < 4.78 is 12.6. The van der Waals surface area contributed by atoms with Crippen LogP contribution in [0.25, 0.3) is 0 Å². The zero-order valence-electron chi connectivity index (χ0n) is 11.9. The average molecular weight is 274 g/mol. The maximum Gasteiger partial charge on any atom is 0.196 e. The number of rotatable bonds is 6. The molecular weight excluding hydrogens is 256 g/mol. The third-order valence-electron chi connectivity index (χ3n) is 2.77. The number of benzene rings is 1. The van der Waals surface area contributed by atoms with Gasteiger partial charge in [0.05, 0.1) is 25.0 Å². The number of ether oxygens (including phenoxy) is 2. The smallest absolute Gasteiger partial charge is 0.196 e. The van der Waals surface area contributed by atoms with Crippen molar-refractivity contribution in [2.75, 3.05) is 13.2 Å². The second kappa shape index (κ2) is 6.23. The molecule has 0 aliphatic heterocycles. The minimum absolute atomic E-state index is 0.0814.